The van der Waals surface area contributed by atoms with E-state index in [1.54, 1.807) is 11.8 Å². The van der Waals surface area contributed by atoms with Gasteiger partial charge in [-0.05, 0) is 17.7 Å². The van der Waals surface area contributed by atoms with Crippen molar-refractivity contribution in [2.45, 2.75) is 18.6 Å². The highest BCUT2D eigenvalue weighted by atomic mass is 32.2. The highest BCUT2D eigenvalue weighted by Gasteiger charge is 2.23. The van der Waals surface area contributed by atoms with Gasteiger partial charge in [0.05, 0.1) is 18.8 Å². The Morgan fingerprint density at radius 3 is 2.65 bits per heavy atom. The van der Waals surface area contributed by atoms with E-state index in [0.717, 1.165) is 17.6 Å². The van der Waals surface area contributed by atoms with Crippen molar-refractivity contribution in [2.24, 2.45) is 0 Å². The van der Waals surface area contributed by atoms with Crippen molar-refractivity contribution in [1.29, 1.82) is 0 Å². The largest absolute Gasteiger partial charge is 0.390 e. The van der Waals surface area contributed by atoms with E-state index in [4.69, 9.17) is 4.74 Å². The quantitative estimate of drug-likeness (QED) is 0.901. The van der Waals surface area contributed by atoms with Gasteiger partial charge in [0.15, 0.2) is 0 Å². The minimum atomic E-state index is -0.719. The van der Waals surface area contributed by atoms with Gasteiger partial charge in [-0.1, -0.05) is 0 Å². The van der Waals surface area contributed by atoms with Gasteiger partial charge >= 0.3 is 0 Å². The minimum absolute atomic E-state index is 0.208. The molecule has 1 heterocycles. The maximum atomic E-state index is 13.0. The molecule has 94 valence electrons. The second kappa shape index (κ2) is 5.80. The van der Waals surface area contributed by atoms with Crippen LogP contribution in [0.3, 0.4) is 0 Å². The summed E-state index contributed by atoms with van der Waals surface area (Å²) in [4.78, 5) is 0. The Labute approximate surface area is 103 Å². The summed E-state index contributed by atoms with van der Waals surface area (Å²) in [5.41, 5.74) is 0.453. The van der Waals surface area contributed by atoms with E-state index in [1.807, 2.05) is 0 Å². The van der Waals surface area contributed by atoms with Crippen LogP contribution in [0.4, 0.5) is 8.78 Å². The third-order valence-electron chi connectivity index (χ3n) is 2.64. The number of thioether (sulfide) groups is 1. The minimum Gasteiger partial charge on any atom is -0.390 e. The summed E-state index contributed by atoms with van der Waals surface area (Å²) >= 11 is 1.72. The molecule has 1 fully saturated rings. The average Bonchev–Trinajstić information content (AvgIpc) is 2.28. The summed E-state index contributed by atoms with van der Waals surface area (Å²) in [5.74, 6) is 0.411. The SMILES string of the molecule is OC(Cc1cc(F)cc(F)c1)C1CSCCO1. The van der Waals surface area contributed by atoms with Crippen LogP contribution in [-0.4, -0.2) is 35.4 Å². The van der Waals surface area contributed by atoms with Gasteiger partial charge in [-0.3, -0.25) is 0 Å². The van der Waals surface area contributed by atoms with E-state index in [1.165, 1.54) is 12.1 Å². The van der Waals surface area contributed by atoms with Gasteiger partial charge in [0, 0.05) is 24.0 Å². The fourth-order valence-electron chi connectivity index (χ4n) is 1.83. The molecule has 1 aliphatic rings. The van der Waals surface area contributed by atoms with Crippen molar-refractivity contribution >= 4 is 11.8 Å². The van der Waals surface area contributed by atoms with Crippen LogP contribution in [0.5, 0.6) is 0 Å². The molecule has 0 radical (unpaired) electrons. The molecule has 0 bridgehead atoms. The lowest BCUT2D eigenvalue weighted by molar-refractivity contribution is -0.0208. The second-order valence-electron chi connectivity index (χ2n) is 4.03. The maximum absolute atomic E-state index is 13.0. The summed E-state index contributed by atoms with van der Waals surface area (Å²) in [5, 5.41) is 9.93. The Balaban J connectivity index is 1.99. The summed E-state index contributed by atoms with van der Waals surface area (Å²) in [6, 6.07) is 3.30. The van der Waals surface area contributed by atoms with Crippen LogP contribution in [0.1, 0.15) is 5.56 Å². The molecule has 0 amide bonds. The monoisotopic (exact) mass is 260 g/mol. The van der Waals surface area contributed by atoms with Crippen molar-refractivity contribution < 1.29 is 18.6 Å². The first-order chi connectivity index (χ1) is 8.15. The predicted octanol–water partition coefficient (Wildman–Crippen LogP) is 2.00. The normalized spacial score (nSPS) is 22.4. The number of hydrogen-bond acceptors (Lipinski definition) is 3. The summed E-state index contributed by atoms with van der Waals surface area (Å²) in [7, 11) is 0. The van der Waals surface area contributed by atoms with Crippen LogP contribution >= 0.6 is 11.8 Å². The molecule has 5 heteroatoms. The van der Waals surface area contributed by atoms with E-state index >= 15 is 0 Å². The van der Waals surface area contributed by atoms with Gasteiger partial charge in [0.2, 0.25) is 0 Å². The van der Waals surface area contributed by atoms with Crippen molar-refractivity contribution in [3.63, 3.8) is 0 Å². The molecule has 0 aliphatic carbocycles. The van der Waals surface area contributed by atoms with Crippen molar-refractivity contribution in [3.8, 4) is 0 Å². The average molecular weight is 260 g/mol. The Hall–Kier alpha value is -0.650. The van der Waals surface area contributed by atoms with Crippen LogP contribution in [0.25, 0.3) is 0 Å². The number of aliphatic hydroxyl groups is 1. The summed E-state index contributed by atoms with van der Waals surface area (Å²) < 4.78 is 31.3. The number of aliphatic hydroxyl groups excluding tert-OH is 1. The zero-order valence-corrected chi connectivity index (χ0v) is 10.1. The topological polar surface area (TPSA) is 29.5 Å². The number of rotatable bonds is 3. The van der Waals surface area contributed by atoms with Crippen LogP contribution < -0.4 is 0 Å². The molecule has 2 rings (SSSR count). The molecule has 17 heavy (non-hydrogen) atoms. The van der Waals surface area contributed by atoms with Gasteiger partial charge in [-0.2, -0.15) is 11.8 Å². The second-order valence-corrected chi connectivity index (χ2v) is 5.18. The molecule has 0 aromatic heterocycles. The van der Waals surface area contributed by atoms with Crippen molar-refractivity contribution in [1.82, 2.24) is 0 Å². The molecular formula is C12H14F2O2S. The first kappa shape index (κ1) is 12.8. The molecule has 0 saturated carbocycles. The van der Waals surface area contributed by atoms with Crippen LogP contribution in [0.15, 0.2) is 18.2 Å². The molecule has 2 nitrogen and oxygen atoms in total. The Kier molecular flexibility index (Phi) is 4.36. The zero-order chi connectivity index (χ0) is 12.3. The van der Waals surface area contributed by atoms with Crippen molar-refractivity contribution in [2.75, 3.05) is 18.1 Å². The Bertz CT molecular complexity index is 361. The molecule has 0 spiro atoms. The lowest BCUT2D eigenvalue weighted by Crippen LogP contribution is -2.36. The van der Waals surface area contributed by atoms with Crippen molar-refractivity contribution in [3.05, 3.63) is 35.4 Å². The summed E-state index contributed by atoms with van der Waals surface area (Å²) in [6.07, 6.45) is -0.760. The van der Waals surface area contributed by atoms with Crippen LogP contribution in [0.2, 0.25) is 0 Å². The lowest BCUT2D eigenvalue weighted by Gasteiger charge is -2.26. The van der Waals surface area contributed by atoms with Gasteiger partial charge in [0.25, 0.3) is 0 Å². The number of hydrogen-bond donors (Lipinski definition) is 1. The highest BCUT2D eigenvalue weighted by Crippen LogP contribution is 2.18. The molecule has 1 N–H and O–H groups in total. The smallest absolute Gasteiger partial charge is 0.126 e. The number of ether oxygens (including phenoxy) is 1. The Morgan fingerprint density at radius 1 is 1.35 bits per heavy atom. The van der Waals surface area contributed by atoms with Crippen LogP contribution in [-0.2, 0) is 11.2 Å². The fourth-order valence-corrected chi connectivity index (χ4v) is 2.76. The highest BCUT2D eigenvalue weighted by molar-refractivity contribution is 7.99. The predicted molar refractivity (Wildman–Crippen MR) is 63.1 cm³/mol. The standard InChI is InChI=1S/C12H14F2O2S/c13-9-3-8(4-10(14)6-9)5-11(15)12-7-17-2-1-16-12/h3-4,6,11-12,15H,1-2,5,7H2. The zero-order valence-electron chi connectivity index (χ0n) is 9.23. The molecule has 1 saturated heterocycles. The van der Waals surface area contributed by atoms with E-state index in [-0.39, 0.29) is 12.5 Å². The fraction of sp³-hybridized carbons (Fsp3) is 0.500. The Morgan fingerprint density at radius 2 is 2.06 bits per heavy atom. The number of halogens is 2. The van der Waals surface area contributed by atoms with E-state index in [9.17, 15) is 13.9 Å². The first-order valence-corrected chi connectivity index (χ1v) is 6.63. The molecule has 1 aromatic rings. The van der Waals surface area contributed by atoms with E-state index < -0.39 is 17.7 Å². The van der Waals surface area contributed by atoms with Gasteiger partial charge in [-0.15, -0.1) is 0 Å². The molecule has 1 aliphatic heterocycles. The van der Waals surface area contributed by atoms with E-state index in [0.29, 0.717) is 12.2 Å². The maximum Gasteiger partial charge on any atom is 0.126 e. The molecule has 2 atom stereocenters. The number of benzene rings is 1. The lowest BCUT2D eigenvalue weighted by atomic mass is 10.0. The van der Waals surface area contributed by atoms with Gasteiger partial charge in [0.1, 0.15) is 11.6 Å². The molecule has 1 aromatic carbocycles. The third-order valence-corrected chi connectivity index (χ3v) is 3.66. The van der Waals surface area contributed by atoms with E-state index in [2.05, 4.69) is 0 Å². The van der Waals surface area contributed by atoms with Gasteiger partial charge < -0.3 is 9.84 Å². The summed E-state index contributed by atoms with van der Waals surface area (Å²) in [6.45, 7) is 0.615. The third kappa shape index (κ3) is 3.66. The molecular weight excluding hydrogens is 246 g/mol. The van der Waals surface area contributed by atoms with Crippen LogP contribution in [0, 0.1) is 11.6 Å². The molecule has 2 unspecified atom stereocenters. The van der Waals surface area contributed by atoms with Gasteiger partial charge in [-0.25, -0.2) is 8.78 Å². The first-order valence-electron chi connectivity index (χ1n) is 5.47.